The van der Waals surface area contributed by atoms with Crippen LogP contribution < -0.4 is 0 Å². The van der Waals surface area contributed by atoms with Crippen LogP contribution in [0.2, 0.25) is 4.34 Å². The quantitative estimate of drug-likeness (QED) is 0.748. The molecule has 5 heteroatoms. The van der Waals surface area contributed by atoms with E-state index in [1.54, 1.807) is 13.0 Å². The van der Waals surface area contributed by atoms with Crippen molar-refractivity contribution >= 4 is 28.7 Å². The number of halogens is 3. The second-order valence-electron chi connectivity index (χ2n) is 3.52. The Balaban J connectivity index is 2.43. The Labute approximate surface area is 106 Å². The van der Waals surface area contributed by atoms with E-state index in [2.05, 4.69) is 0 Å². The summed E-state index contributed by atoms with van der Waals surface area (Å²) >= 11 is 6.92. The first-order chi connectivity index (χ1) is 7.99. The number of ketones is 1. The molecule has 0 aliphatic rings. The van der Waals surface area contributed by atoms with Gasteiger partial charge in [-0.25, -0.2) is 8.78 Å². The monoisotopic (exact) mass is 272 g/mol. The molecule has 0 N–H and O–H groups in total. The molecule has 0 fully saturated rings. The minimum Gasteiger partial charge on any atom is -0.288 e. The summed E-state index contributed by atoms with van der Waals surface area (Å²) in [5, 5.41) is 0. The Kier molecular flexibility index (Phi) is 3.26. The molecule has 2 aromatic rings. The molecule has 1 aromatic carbocycles. The largest absolute Gasteiger partial charge is 0.288 e. The zero-order chi connectivity index (χ0) is 12.6. The van der Waals surface area contributed by atoms with Gasteiger partial charge < -0.3 is 0 Å². The van der Waals surface area contributed by atoms with Crippen LogP contribution in [0.4, 0.5) is 8.78 Å². The van der Waals surface area contributed by atoms with Gasteiger partial charge in [-0.3, -0.25) is 4.79 Å². The van der Waals surface area contributed by atoms with E-state index < -0.39 is 17.4 Å². The van der Waals surface area contributed by atoms with Gasteiger partial charge in [0.1, 0.15) is 11.6 Å². The van der Waals surface area contributed by atoms with Crippen molar-refractivity contribution in [2.45, 2.75) is 6.92 Å². The molecule has 0 spiro atoms. The lowest BCUT2D eigenvalue weighted by molar-refractivity contribution is 0.103. The van der Waals surface area contributed by atoms with Gasteiger partial charge in [0.2, 0.25) is 5.78 Å². The second kappa shape index (κ2) is 4.55. The van der Waals surface area contributed by atoms with Crippen molar-refractivity contribution in [3.8, 4) is 0 Å². The van der Waals surface area contributed by atoms with Crippen LogP contribution in [-0.2, 0) is 0 Å². The number of benzene rings is 1. The lowest BCUT2D eigenvalue weighted by Crippen LogP contribution is -2.02. The number of carbonyl (C=O) groups excluding carboxylic acids is 1. The number of carbonyl (C=O) groups is 1. The maximum Gasteiger partial charge on any atom is 0.205 e. The molecular weight excluding hydrogens is 266 g/mol. The molecule has 0 bridgehead atoms. The van der Waals surface area contributed by atoms with Crippen molar-refractivity contribution in [2.24, 2.45) is 0 Å². The molecule has 0 unspecified atom stereocenters. The van der Waals surface area contributed by atoms with E-state index in [0.717, 1.165) is 29.0 Å². The van der Waals surface area contributed by atoms with Gasteiger partial charge in [-0.05, 0) is 30.7 Å². The summed E-state index contributed by atoms with van der Waals surface area (Å²) in [4.78, 5) is 12.3. The van der Waals surface area contributed by atoms with Crippen molar-refractivity contribution < 1.29 is 13.6 Å². The molecule has 0 aliphatic heterocycles. The van der Waals surface area contributed by atoms with Crippen molar-refractivity contribution in [3.63, 3.8) is 0 Å². The average Bonchev–Trinajstić information content (AvgIpc) is 2.58. The molecule has 1 nitrogen and oxygen atoms in total. The van der Waals surface area contributed by atoms with Gasteiger partial charge in [0, 0.05) is 6.07 Å². The fourth-order valence-corrected chi connectivity index (χ4v) is 2.53. The van der Waals surface area contributed by atoms with Gasteiger partial charge in [0.25, 0.3) is 0 Å². The van der Waals surface area contributed by atoms with Crippen molar-refractivity contribution in [2.75, 3.05) is 0 Å². The molecule has 0 aliphatic carbocycles. The van der Waals surface area contributed by atoms with Gasteiger partial charge in [-0.2, -0.15) is 0 Å². The Hall–Kier alpha value is -1.26. The van der Waals surface area contributed by atoms with Crippen LogP contribution in [0, 0.1) is 18.6 Å². The average molecular weight is 273 g/mol. The first-order valence-corrected chi connectivity index (χ1v) is 5.94. The highest BCUT2D eigenvalue weighted by Crippen LogP contribution is 2.29. The highest BCUT2D eigenvalue weighted by Gasteiger charge is 2.17. The number of aryl methyl sites for hydroxylation is 1. The molecule has 2 rings (SSSR count). The molecule has 17 heavy (non-hydrogen) atoms. The molecule has 0 atom stereocenters. The maximum absolute atomic E-state index is 13.4. The van der Waals surface area contributed by atoms with Crippen LogP contribution >= 0.6 is 22.9 Å². The number of thiophene rings is 1. The number of hydrogen-bond donors (Lipinski definition) is 0. The molecule has 1 heterocycles. The molecular formula is C12H7ClF2OS. The fourth-order valence-electron chi connectivity index (χ4n) is 1.38. The van der Waals surface area contributed by atoms with E-state index in [9.17, 15) is 13.6 Å². The normalized spacial score (nSPS) is 10.6. The maximum atomic E-state index is 13.4. The Morgan fingerprint density at radius 2 is 2.00 bits per heavy atom. The van der Waals surface area contributed by atoms with Crippen molar-refractivity contribution in [1.29, 1.82) is 0 Å². The summed E-state index contributed by atoms with van der Waals surface area (Å²) in [5.74, 6) is -2.06. The van der Waals surface area contributed by atoms with Crippen LogP contribution in [0.15, 0.2) is 24.3 Å². The molecule has 0 saturated heterocycles. The van der Waals surface area contributed by atoms with Crippen LogP contribution in [0.1, 0.15) is 20.8 Å². The predicted octanol–water partition coefficient (Wildman–Crippen LogP) is 4.22. The first kappa shape index (κ1) is 12.2. The van der Waals surface area contributed by atoms with Gasteiger partial charge in [-0.15, -0.1) is 11.3 Å². The van der Waals surface area contributed by atoms with E-state index in [0.29, 0.717) is 15.3 Å². The van der Waals surface area contributed by atoms with E-state index in [1.807, 2.05) is 0 Å². The molecule has 0 radical (unpaired) electrons. The van der Waals surface area contributed by atoms with E-state index in [1.165, 1.54) is 0 Å². The first-order valence-electron chi connectivity index (χ1n) is 4.74. The van der Waals surface area contributed by atoms with E-state index in [4.69, 9.17) is 11.6 Å². The van der Waals surface area contributed by atoms with Crippen LogP contribution in [0.3, 0.4) is 0 Å². The zero-order valence-electron chi connectivity index (χ0n) is 8.76. The number of hydrogen-bond acceptors (Lipinski definition) is 2. The summed E-state index contributed by atoms with van der Waals surface area (Å²) in [5.41, 5.74) is 0.617. The molecule has 0 saturated carbocycles. The third-order valence-electron chi connectivity index (χ3n) is 2.26. The van der Waals surface area contributed by atoms with Crippen LogP contribution in [-0.4, -0.2) is 5.78 Å². The van der Waals surface area contributed by atoms with Crippen molar-refractivity contribution in [3.05, 3.63) is 56.2 Å². The predicted molar refractivity (Wildman–Crippen MR) is 63.9 cm³/mol. The smallest absolute Gasteiger partial charge is 0.205 e. The topological polar surface area (TPSA) is 17.1 Å². The highest BCUT2D eigenvalue weighted by atomic mass is 35.5. The van der Waals surface area contributed by atoms with Crippen LogP contribution in [0.25, 0.3) is 0 Å². The zero-order valence-corrected chi connectivity index (χ0v) is 10.3. The van der Waals surface area contributed by atoms with Gasteiger partial charge in [-0.1, -0.05) is 11.6 Å². The number of rotatable bonds is 2. The van der Waals surface area contributed by atoms with Gasteiger partial charge in [0.15, 0.2) is 0 Å². The summed E-state index contributed by atoms with van der Waals surface area (Å²) in [6.07, 6.45) is 0. The van der Waals surface area contributed by atoms with Crippen molar-refractivity contribution in [1.82, 2.24) is 0 Å². The van der Waals surface area contributed by atoms with Gasteiger partial charge in [0.05, 0.1) is 14.8 Å². The summed E-state index contributed by atoms with van der Waals surface area (Å²) in [7, 11) is 0. The highest BCUT2D eigenvalue weighted by molar-refractivity contribution is 7.18. The Morgan fingerprint density at radius 1 is 1.29 bits per heavy atom. The summed E-state index contributed by atoms with van der Waals surface area (Å²) < 4.78 is 26.6. The van der Waals surface area contributed by atoms with E-state index >= 15 is 0 Å². The fraction of sp³-hybridized carbons (Fsp3) is 0.0833. The SMILES string of the molecule is Cc1cc(C(=O)c2ccc(F)cc2F)sc1Cl. The summed E-state index contributed by atoms with van der Waals surface area (Å²) in [6.45, 7) is 1.76. The summed E-state index contributed by atoms with van der Waals surface area (Å²) in [6, 6.07) is 4.47. The Morgan fingerprint density at radius 3 is 2.53 bits per heavy atom. The lowest BCUT2D eigenvalue weighted by atomic mass is 10.1. The Bertz CT molecular complexity index is 573. The second-order valence-corrected chi connectivity index (χ2v) is 5.17. The van der Waals surface area contributed by atoms with Crippen LogP contribution in [0.5, 0.6) is 0 Å². The van der Waals surface area contributed by atoms with E-state index in [-0.39, 0.29) is 5.56 Å². The standard InChI is InChI=1S/C12H7ClF2OS/c1-6-4-10(17-12(6)13)11(16)8-3-2-7(14)5-9(8)15/h2-5H,1H3. The third-order valence-corrected chi connectivity index (χ3v) is 3.81. The molecule has 88 valence electrons. The lowest BCUT2D eigenvalue weighted by Gasteiger charge is -1.99. The molecule has 1 aromatic heterocycles. The molecule has 0 amide bonds. The minimum atomic E-state index is -0.864. The third kappa shape index (κ3) is 2.37. The van der Waals surface area contributed by atoms with Gasteiger partial charge >= 0.3 is 0 Å². The minimum absolute atomic E-state index is 0.149.